The fourth-order valence-corrected chi connectivity index (χ4v) is 4.38. The summed E-state index contributed by atoms with van der Waals surface area (Å²) in [6, 6.07) is 27.7. The van der Waals surface area contributed by atoms with E-state index in [0.717, 1.165) is 36.0 Å². The first-order chi connectivity index (χ1) is 16.2. The van der Waals surface area contributed by atoms with Crippen LogP contribution in [0.15, 0.2) is 89.7 Å². The van der Waals surface area contributed by atoms with Gasteiger partial charge >= 0.3 is 0 Å². The van der Waals surface area contributed by atoms with Crippen LogP contribution in [-0.4, -0.2) is 51.7 Å². The van der Waals surface area contributed by atoms with Crippen molar-refractivity contribution in [2.75, 3.05) is 26.2 Å². The lowest BCUT2D eigenvalue weighted by molar-refractivity contribution is -0.133. The number of amides is 1. The number of piperazine rings is 1. The molecule has 1 amide bonds. The van der Waals surface area contributed by atoms with E-state index in [-0.39, 0.29) is 18.0 Å². The third-order valence-electron chi connectivity index (χ3n) is 6.19. The molecule has 1 fully saturated rings. The van der Waals surface area contributed by atoms with Crippen molar-refractivity contribution in [1.29, 1.82) is 0 Å². The van der Waals surface area contributed by atoms with Crippen molar-refractivity contribution < 1.29 is 4.79 Å². The molecule has 4 aromatic rings. The van der Waals surface area contributed by atoms with Crippen LogP contribution in [0, 0.1) is 0 Å². The average molecular weight is 439 g/mol. The summed E-state index contributed by atoms with van der Waals surface area (Å²) in [5.74, 6) is -0.0703. The molecule has 1 aromatic heterocycles. The first-order valence-corrected chi connectivity index (χ1v) is 11.3. The Morgan fingerprint density at radius 1 is 0.788 bits per heavy atom. The highest BCUT2D eigenvalue weighted by Crippen LogP contribution is 2.26. The largest absolute Gasteiger partial charge is 0.339 e. The number of carbonyl (C=O) groups excluding carboxylic acids is 1. The van der Waals surface area contributed by atoms with E-state index in [1.165, 1.54) is 16.3 Å². The number of rotatable bonds is 5. The molecule has 166 valence electrons. The summed E-state index contributed by atoms with van der Waals surface area (Å²) < 4.78 is 1.29. The number of aromatic nitrogens is 2. The van der Waals surface area contributed by atoms with Crippen LogP contribution >= 0.6 is 0 Å². The Balaban J connectivity index is 1.28. The lowest BCUT2D eigenvalue weighted by atomic mass is 10.0. The van der Waals surface area contributed by atoms with Crippen molar-refractivity contribution in [3.05, 3.63) is 101 Å². The van der Waals surface area contributed by atoms with E-state index >= 15 is 0 Å². The molecule has 1 saturated heterocycles. The van der Waals surface area contributed by atoms with Crippen molar-refractivity contribution in [2.45, 2.75) is 13.1 Å². The van der Waals surface area contributed by atoms with Gasteiger partial charge in [-0.05, 0) is 22.4 Å². The standard InChI is InChI=1S/C27H26N4O2/c32-26-14-13-25(24-12-6-10-22-9-4-5-11-23(22)24)28-31(26)20-27(33)30-17-15-29(16-18-30)19-21-7-2-1-3-8-21/h1-14H,15-20H2. The summed E-state index contributed by atoms with van der Waals surface area (Å²) in [6.45, 7) is 3.79. The van der Waals surface area contributed by atoms with Gasteiger partial charge in [-0.1, -0.05) is 72.8 Å². The van der Waals surface area contributed by atoms with Gasteiger partial charge in [0.15, 0.2) is 0 Å². The molecule has 33 heavy (non-hydrogen) atoms. The number of benzene rings is 3. The molecule has 0 atom stereocenters. The zero-order valence-corrected chi connectivity index (χ0v) is 18.4. The maximum Gasteiger partial charge on any atom is 0.267 e. The molecule has 1 aliphatic rings. The van der Waals surface area contributed by atoms with Gasteiger partial charge in [-0.2, -0.15) is 5.10 Å². The summed E-state index contributed by atoms with van der Waals surface area (Å²) >= 11 is 0. The van der Waals surface area contributed by atoms with Gasteiger partial charge in [0.2, 0.25) is 5.91 Å². The van der Waals surface area contributed by atoms with Gasteiger partial charge < -0.3 is 4.90 Å². The lowest BCUT2D eigenvalue weighted by Crippen LogP contribution is -2.49. The maximum absolute atomic E-state index is 13.0. The minimum Gasteiger partial charge on any atom is -0.339 e. The van der Waals surface area contributed by atoms with Gasteiger partial charge in [-0.15, -0.1) is 0 Å². The second kappa shape index (κ2) is 9.38. The van der Waals surface area contributed by atoms with Crippen molar-refractivity contribution in [1.82, 2.24) is 19.6 Å². The summed E-state index contributed by atoms with van der Waals surface area (Å²) in [6.07, 6.45) is 0. The van der Waals surface area contributed by atoms with Crippen LogP contribution in [0.4, 0.5) is 0 Å². The fourth-order valence-electron chi connectivity index (χ4n) is 4.38. The highest BCUT2D eigenvalue weighted by molar-refractivity contribution is 5.95. The van der Waals surface area contributed by atoms with Crippen molar-refractivity contribution >= 4 is 16.7 Å². The molecule has 6 heteroatoms. The molecule has 5 rings (SSSR count). The zero-order valence-electron chi connectivity index (χ0n) is 18.4. The molecular formula is C27H26N4O2. The molecule has 0 unspecified atom stereocenters. The highest BCUT2D eigenvalue weighted by Gasteiger charge is 2.22. The third kappa shape index (κ3) is 4.71. The molecule has 0 saturated carbocycles. The quantitative estimate of drug-likeness (QED) is 0.479. The summed E-state index contributed by atoms with van der Waals surface area (Å²) in [7, 11) is 0. The van der Waals surface area contributed by atoms with Crippen molar-refractivity contribution in [3.8, 4) is 11.3 Å². The van der Waals surface area contributed by atoms with Crippen LogP contribution < -0.4 is 5.56 Å². The first kappa shape index (κ1) is 21.1. The average Bonchev–Trinajstić information content (AvgIpc) is 2.86. The lowest BCUT2D eigenvalue weighted by Gasteiger charge is -2.34. The Morgan fingerprint density at radius 2 is 1.52 bits per heavy atom. The van der Waals surface area contributed by atoms with E-state index in [9.17, 15) is 9.59 Å². The van der Waals surface area contributed by atoms with Crippen LogP contribution in [0.2, 0.25) is 0 Å². The molecule has 0 N–H and O–H groups in total. The number of hydrogen-bond acceptors (Lipinski definition) is 4. The zero-order chi connectivity index (χ0) is 22.6. The minimum absolute atomic E-state index is 0.0455. The molecule has 0 radical (unpaired) electrons. The molecule has 2 heterocycles. The van der Waals surface area contributed by atoms with Gasteiger partial charge in [-0.25, -0.2) is 4.68 Å². The van der Waals surface area contributed by atoms with Gasteiger partial charge in [-0.3, -0.25) is 14.5 Å². The molecule has 3 aromatic carbocycles. The van der Waals surface area contributed by atoms with Crippen LogP contribution in [0.1, 0.15) is 5.56 Å². The van der Waals surface area contributed by atoms with E-state index in [1.807, 2.05) is 53.4 Å². The van der Waals surface area contributed by atoms with E-state index in [1.54, 1.807) is 6.07 Å². The van der Waals surface area contributed by atoms with Gasteiger partial charge in [0.05, 0.1) is 5.69 Å². The Morgan fingerprint density at radius 3 is 2.33 bits per heavy atom. The van der Waals surface area contributed by atoms with Crippen LogP contribution in [0.25, 0.3) is 22.0 Å². The van der Waals surface area contributed by atoms with E-state index in [4.69, 9.17) is 0 Å². The summed E-state index contributed by atoms with van der Waals surface area (Å²) in [5.41, 5.74) is 2.64. The molecule has 0 bridgehead atoms. The minimum atomic E-state index is -0.268. The summed E-state index contributed by atoms with van der Waals surface area (Å²) in [4.78, 5) is 29.6. The number of nitrogens with zero attached hydrogens (tertiary/aromatic N) is 4. The molecule has 1 aliphatic heterocycles. The van der Waals surface area contributed by atoms with Crippen LogP contribution in [0.3, 0.4) is 0 Å². The predicted octanol–water partition coefficient (Wildman–Crippen LogP) is 3.41. The van der Waals surface area contributed by atoms with Gasteiger partial charge in [0, 0.05) is 44.4 Å². The topological polar surface area (TPSA) is 58.4 Å². The van der Waals surface area contributed by atoms with Crippen molar-refractivity contribution in [3.63, 3.8) is 0 Å². The monoisotopic (exact) mass is 438 g/mol. The number of fused-ring (bicyclic) bond motifs is 1. The second-order valence-electron chi connectivity index (χ2n) is 8.38. The second-order valence-corrected chi connectivity index (χ2v) is 8.38. The van der Waals surface area contributed by atoms with E-state index in [2.05, 4.69) is 34.3 Å². The smallest absolute Gasteiger partial charge is 0.267 e. The van der Waals surface area contributed by atoms with Crippen molar-refractivity contribution in [2.24, 2.45) is 0 Å². The first-order valence-electron chi connectivity index (χ1n) is 11.3. The Bertz CT molecular complexity index is 1320. The maximum atomic E-state index is 13.0. The molecule has 6 nitrogen and oxygen atoms in total. The van der Waals surface area contributed by atoms with E-state index in [0.29, 0.717) is 18.8 Å². The fraction of sp³-hybridized carbons (Fsp3) is 0.222. The summed E-state index contributed by atoms with van der Waals surface area (Å²) in [5, 5.41) is 6.72. The normalized spacial score (nSPS) is 14.5. The van der Waals surface area contributed by atoms with Crippen LogP contribution in [0.5, 0.6) is 0 Å². The Kier molecular flexibility index (Phi) is 6.00. The van der Waals surface area contributed by atoms with Gasteiger partial charge in [0.25, 0.3) is 5.56 Å². The molecule has 0 spiro atoms. The SMILES string of the molecule is O=C(Cn1nc(-c2cccc3ccccc23)ccc1=O)N1CCN(Cc2ccccc2)CC1. The highest BCUT2D eigenvalue weighted by atomic mass is 16.2. The Labute approximate surface area is 192 Å². The van der Waals surface area contributed by atoms with E-state index < -0.39 is 0 Å². The Hall–Kier alpha value is -3.77. The predicted molar refractivity (Wildman–Crippen MR) is 130 cm³/mol. The number of hydrogen-bond donors (Lipinski definition) is 0. The van der Waals surface area contributed by atoms with Crippen LogP contribution in [-0.2, 0) is 17.9 Å². The number of carbonyl (C=O) groups is 1. The van der Waals surface area contributed by atoms with Gasteiger partial charge in [0.1, 0.15) is 6.54 Å². The third-order valence-corrected chi connectivity index (χ3v) is 6.19. The molecular weight excluding hydrogens is 412 g/mol. The molecule has 0 aliphatic carbocycles.